The predicted octanol–water partition coefficient (Wildman–Crippen LogP) is 5.17. The zero-order chi connectivity index (χ0) is 28.0. The van der Waals surface area contributed by atoms with Gasteiger partial charge >= 0.3 is 0 Å². The Morgan fingerprint density at radius 1 is 1.26 bits per heavy atom. The summed E-state index contributed by atoms with van der Waals surface area (Å²) < 4.78 is 20.6. The first-order valence-electron chi connectivity index (χ1n) is 12.7. The molecule has 1 heterocycles. The van der Waals surface area contributed by atoms with Crippen molar-refractivity contribution in [2.45, 2.75) is 82.0 Å². The second-order valence-electron chi connectivity index (χ2n) is 12.1. The van der Waals surface area contributed by atoms with Crippen LogP contribution in [0.1, 0.15) is 64.0 Å². The zero-order valence-corrected chi connectivity index (χ0v) is 23.8. The van der Waals surface area contributed by atoms with Crippen molar-refractivity contribution in [3.63, 3.8) is 0 Å². The highest BCUT2D eigenvalue weighted by Gasteiger charge is 2.60. The standard InChI is InChI=1S/C29H35Cl2FN2O4/c1-27(2,3)14-23-29(15-35,19-10-21(32)20(31)11-22(19)38-5)24(16-7-6-8-17(30)9-16)25(34-23)26(36)33-18-12-28(4,37)13-18/h6-11,15,18,23-25,34,37H,12-14H2,1-5H3,(H,33,36)/t18?,23-,24+,25-,28?,29-/m1/s1. The minimum atomic E-state index is -1.40. The number of hydrogen-bond acceptors (Lipinski definition) is 5. The number of carbonyl (C=O) groups is 2. The number of ether oxygens (including phenoxy) is 1. The Kier molecular flexibility index (Phi) is 7.90. The van der Waals surface area contributed by atoms with Gasteiger partial charge in [0.05, 0.1) is 29.2 Å². The number of aliphatic hydroxyl groups is 1. The van der Waals surface area contributed by atoms with Crippen LogP contribution >= 0.6 is 23.2 Å². The quantitative estimate of drug-likeness (QED) is 0.404. The van der Waals surface area contributed by atoms with Crippen LogP contribution < -0.4 is 15.4 Å². The smallest absolute Gasteiger partial charge is 0.238 e. The molecule has 1 saturated heterocycles. The van der Waals surface area contributed by atoms with Gasteiger partial charge in [0.1, 0.15) is 17.9 Å². The minimum Gasteiger partial charge on any atom is -0.496 e. The molecule has 1 aliphatic heterocycles. The molecule has 1 aliphatic carbocycles. The van der Waals surface area contributed by atoms with Gasteiger partial charge in [-0.05, 0) is 55.4 Å². The molecule has 4 rings (SSSR count). The first-order chi connectivity index (χ1) is 17.7. The molecule has 2 fully saturated rings. The van der Waals surface area contributed by atoms with Crippen LogP contribution in [0.15, 0.2) is 36.4 Å². The second-order valence-corrected chi connectivity index (χ2v) is 13.0. The van der Waals surface area contributed by atoms with E-state index in [2.05, 4.69) is 10.6 Å². The van der Waals surface area contributed by atoms with Gasteiger partial charge in [0.25, 0.3) is 0 Å². The Hall–Kier alpha value is -2.19. The van der Waals surface area contributed by atoms with Gasteiger partial charge in [0, 0.05) is 34.7 Å². The maximum Gasteiger partial charge on any atom is 0.238 e. The van der Waals surface area contributed by atoms with Gasteiger partial charge < -0.3 is 25.3 Å². The van der Waals surface area contributed by atoms with Crippen LogP contribution in [0.3, 0.4) is 0 Å². The fraction of sp³-hybridized carbons (Fsp3) is 0.517. The van der Waals surface area contributed by atoms with Crippen LogP contribution in [-0.2, 0) is 15.0 Å². The maximum absolute atomic E-state index is 15.0. The summed E-state index contributed by atoms with van der Waals surface area (Å²) in [6.07, 6.45) is 2.19. The van der Waals surface area contributed by atoms with Crippen LogP contribution in [-0.4, -0.2) is 48.1 Å². The monoisotopic (exact) mass is 564 g/mol. The topological polar surface area (TPSA) is 87.7 Å². The number of hydrogen-bond donors (Lipinski definition) is 3. The molecular weight excluding hydrogens is 530 g/mol. The fourth-order valence-corrected chi connectivity index (χ4v) is 6.54. The maximum atomic E-state index is 15.0. The molecule has 0 bridgehead atoms. The average Bonchev–Trinajstić information content (AvgIpc) is 3.12. The molecular formula is C29H35Cl2FN2O4. The van der Waals surface area contributed by atoms with Gasteiger partial charge in [-0.15, -0.1) is 0 Å². The van der Waals surface area contributed by atoms with E-state index >= 15 is 4.39 Å². The lowest BCUT2D eigenvalue weighted by atomic mass is 9.62. The van der Waals surface area contributed by atoms with Gasteiger partial charge in [0.2, 0.25) is 5.91 Å². The second kappa shape index (κ2) is 10.4. The summed E-state index contributed by atoms with van der Waals surface area (Å²) in [5, 5.41) is 17.0. The molecule has 206 valence electrons. The van der Waals surface area contributed by atoms with Crippen LogP contribution in [0, 0.1) is 11.2 Å². The lowest BCUT2D eigenvalue weighted by molar-refractivity contribution is -0.127. The molecule has 3 N–H and O–H groups in total. The molecule has 6 nitrogen and oxygen atoms in total. The third-order valence-corrected chi connectivity index (χ3v) is 8.26. The van der Waals surface area contributed by atoms with Gasteiger partial charge in [-0.2, -0.15) is 0 Å². The Bertz CT molecular complexity index is 1220. The van der Waals surface area contributed by atoms with Gasteiger partial charge in [0.15, 0.2) is 0 Å². The molecule has 9 heteroatoms. The largest absolute Gasteiger partial charge is 0.496 e. The molecule has 2 aromatic rings. The van der Waals surface area contributed by atoms with E-state index in [1.165, 1.54) is 19.2 Å². The number of amides is 1. The average molecular weight is 566 g/mol. The molecule has 0 unspecified atom stereocenters. The molecule has 1 saturated carbocycles. The number of aldehydes is 1. The summed E-state index contributed by atoms with van der Waals surface area (Å²) in [6.45, 7) is 7.86. The van der Waals surface area contributed by atoms with Crippen molar-refractivity contribution in [1.82, 2.24) is 10.6 Å². The summed E-state index contributed by atoms with van der Waals surface area (Å²) in [5.41, 5.74) is -1.50. The molecule has 0 spiro atoms. The summed E-state index contributed by atoms with van der Waals surface area (Å²) in [5.74, 6) is -1.48. The number of benzene rings is 2. The van der Waals surface area contributed by atoms with E-state index in [0.29, 0.717) is 35.4 Å². The van der Waals surface area contributed by atoms with Crippen LogP contribution in [0.2, 0.25) is 10.0 Å². The highest BCUT2D eigenvalue weighted by Crippen LogP contribution is 2.53. The number of nitrogens with one attached hydrogen (secondary N) is 2. The third-order valence-electron chi connectivity index (χ3n) is 7.73. The lowest BCUT2D eigenvalue weighted by Crippen LogP contribution is -2.57. The van der Waals surface area contributed by atoms with E-state index in [-0.39, 0.29) is 28.1 Å². The molecule has 1 amide bonds. The number of halogens is 3. The summed E-state index contributed by atoms with van der Waals surface area (Å²) in [4.78, 5) is 27.3. The Balaban J connectivity index is 1.93. The van der Waals surface area contributed by atoms with Crippen molar-refractivity contribution in [3.05, 3.63) is 63.4 Å². The van der Waals surface area contributed by atoms with Crippen molar-refractivity contribution in [2.75, 3.05) is 7.11 Å². The molecule has 2 aromatic carbocycles. The van der Waals surface area contributed by atoms with E-state index in [9.17, 15) is 14.7 Å². The highest BCUT2D eigenvalue weighted by atomic mass is 35.5. The Morgan fingerprint density at radius 3 is 2.50 bits per heavy atom. The molecule has 0 radical (unpaired) electrons. The van der Waals surface area contributed by atoms with Crippen molar-refractivity contribution in [2.24, 2.45) is 5.41 Å². The Labute approximate surface area is 233 Å². The first kappa shape index (κ1) is 28.8. The molecule has 4 atom stereocenters. The normalized spacial score (nSPS) is 31.0. The first-order valence-corrected chi connectivity index (χ1v) is 13.5. The fourth-order valence-electron chi connectivity index (χ4n) is 6.18. The molecule has 2 aliphatic rings. The van der Waals surface area contributed by atoms with Crippen LogP contribution in [0.5, 0.6) is 5.75 Å². The predicted molar refractivity (Wildman–Crippen MR) is 146 cm³/mol. The van der Waals surface area contributed by atoms with Gasteiger partial charge in [-0.25, -0.2) is 4.39 Å². The minimum absolute atomic E-state index is 0.129. The number of rotatable bonds is 7. The lowest BCUT2D eigenvalue weighted by Gasteiger charge is -2.42. The molecule has 38 heavy (non-hydrogen) atoms. The summed E-state index contributed by atoms with van der Waals surface area (Å²) in [7, 11) is 1.44. The Morgan fingerprint density at radius 2 is 1.95 bits per heavy atom. The van der Waals surface area contributed by atoms with Crippen molar-refractivity contribution < 1.29 is 23.8 Å². The van der Waals surface area contributed by atoms with Gasteiger partial charge in [-0.3, -0.25) is 4.79 Å². The van der Waals surface area contributed by atoms with E-state index in [4.69, 9.17) is 27.9 Å². The van der Waals surface area contributed by atoms with Crippen molar-refractivity contribution in [3.8, 4) is 5.75 Å². The van der Waals surface area contributed by atoms with E-state index in [1.54, 1.807) is 25.1 Å². The number of carbonyl (C=O) groups excluding carboxylic acids is 2. The van der Waals surface area contributed by atoms with E-state index in [0.717, 1.165) is 6.29 Å². The van der Waals surface area contributed by atoms with Crippen LogP contribution in [0.4, 0.5) is 4.39 Å². The summed E-state index contributed by atoms with van der Waals surface area (Å²) in [6, 6.07) is 8.06. The van der Waals surface area contributed by atoms with E-state index < -0.39 is 34.8 Å². The third kappa shape index (κ3) is 5.44. The van der Waals surface area contributed by atoms with Crippen molar-refractivity contribution >= 4 is 35.4 Å². The van der Waals surface area contributed by atoms with Gasteiger partial charge in [-0.1, -0.05) is 56.1 Å². The summed E-state index contributed by atoms with van der Waals surface area (Å²) >= 11 is 12.5. The molecule has 0 aromatic heterocycles. The SMILES string of the molecule is COc1cc(Cl)c(F)cc1[C@]1(C=O)[C@@H](CC(C)(C)C)N[C@@H](C(=O)NC2CC(C)(O)C2)[C@@H]1c1cccc(Cl)c1. The number of methoxy groups -OCH3 is 1. The zero-order valence-electron chi connectivity index (χ0n) is 22.3. The highest BCUT2D eigenvalue weighted by molar-refractivity contribution is 6.31. The van der Waals surface area contributed by atoms with E-state index in [1.807, 2.05) is 26.8 Å². The van der Waals surface area contributed by atoms with Crippen molar-refractivity contribution in [1.29, 1.82) is 0 Å². The van der Waals surface area contributed by atoms with Crippen LogP contribution in [0.25, 0.3) is 0 Å².